The average molecular weight is 181 g/mol. The van der Waals surface area contributed by atoms with Crippen molar-refractivity contribution in [2.75, 3.05) is 19.6 Å². The Bertz CT molecular complexity index is 232. The number of rotatable bonds is 1. The minimum atomic E-state index is -0.288. The first-order chi connectivity index (χ1) is 6.16. The number of carbonyl (C=O) groups excluding carboxylic acids is 1. The van der Waals surface area contributed by atoms with E-state index in [1.165, 1.54) is 0 Å². The standard InChI is InChI=1S/C9H15N3O/c1-7(2)9(13)12-4-3-11-6-8(12)5-10/h7-8,11H,3-4,6H2,1-2H3. The van der Waals surface area contributed by atoms with E-state index >= 15 is 0 Å². The molecule has 1 rings (SSSR count). The fourth-order valence-corrected chi connectivity index (χ4v) is 1.42. The van der Waals surface area contributed by atoms with Crippen LogP contribution in [-0.4, -0.2) is 36.5 Å². The topological polar surface area (TPSA) is 56.1 Å². The van der Waals surface area contributed by atoms with E-state index in [0.717, 1.165) is 6.54 Å². The second kappa shape index (κ2) is 4.24. The van der Waals surface area contributed by atoms with Crippen molar-refractivity contribution >= 4 is 5.91 Å². The van der Waals surface area contributed by atoms with Crippen LogP contribution in [0, 0.1) is 17.2 Å². The van der Waals surface area contributed by atoms with E-state index in [4.69, 9.17) is 5.26 Å². The number of nitrogens with one attached hydrogen (secondary N) is 1. The third-order valence-electron chi connectivity index (χ3n) is 2.17. The molecule has 4 heteroatoms. The van der Waals surface area contributed by atoms with Crippen LogP contribution in [-0.2, 0) is 4.79 Å². The summed E-state index contributed by atoms with van der Waals surface area (Å²) in [6.07, 6.45) is 0. The monoisotopic (exact) mass is 181 g/mol. The first-order valence-electron chi connectivity index (χ1n) is 4.57. The maximum Gasteiger partial charge on any atom is 0.226 e. The van der Waals surface area contributed by atoms with Gasteiger partial charge in [0.25, 0.3) is 0 Å². The van der Waals surface area contributed by atoms with Crippen LogP contribution in [0.15, 0.2) is 0 Å². The summed E-state index contributed by atoms with van der Waals surface area (Å²) in [5.41, 5.74) is 0. The third kappa shape index (κ3) is 2.19. The van der Waals surface area contributed by atoms with Gasteiger partial charge in [-0.25, -0.2) is 0 Å². The minimum absolute atomic E-state index is 0.0195. The molecule has 0 radical (unpaired) electrons. The van der Waals surface area contributed by atoms with Crippen molar-refractivity contribution in [2.24, 2.45) is 5.92 Å². The first-order valence-corrected chi connectivity index (χ1v) is 4.57. The second-order valence-electron chi connectivity index (χ2n) is 3.54. The largest absolute Gasteiger partial charge is 0.324 e. The maximum atomic E-state index is 11.6. The second-order valence-corrected chi connectivity index (χ2v) is 3.54. The number of nitrogens with zero attached hydrogens (tertiary/aromatic N) is 2. The zero-order chi connectivity index (χ0) is 9.84. The number of nitriles is 1. The van der Waals surface area contributed by atoms with Crippen LogP contribution >= 0.6 is 0 Å². The molecule has 1 aliphatic rings. The lowest BCUT2D eigenvalue weighted by Crippen LogP contribution is -2.54. The van der Waals surface area contributed by atoms with Crippen LogP contribution in [0.25, 0.3) is 0 Å². The molecular weight excluding hydrogens is 166 g/mol. The molecule has 1 saturated heterocycles. The van der Waals surface area contributed by atoms with Crippen molar-refractivity contribution in [3.05, 3.63) is 0 Å². The van der Waals surface area contributed by atoms with Crippen molar-refractivity contribution in [3.8, 4) is 6.07 Å². The molecule has 1 atom stereocenters. The van der Waals surface area contributed by atoms with Gasteiger partial charge in [-0.15, -0.1) is 0 Å². The molecule has 13 heavy (non-hydrogen) atoms. The summed E-state index contributed by atoms with van der Waals surface area (Å²) in [5, 5.41) is 11.9. The highest BCUT2D eigenvalue weighted by atomic mass is 16.2. The number of amides is 1. The van der Waals surface area contributed by atoms with Crippen molar-refractivity contribution < 1.29 is 4.79 Å². The van der Waals surface area contributed by atoms with Gasteiger partial charge in [0.2, 0.25) is 5.91 Å². The van der Waals surface area contributed by atoms with E-state index in [1.54, 1.807) is 4.90 Å². The lowest BCUT2D eigenvalue weighted by atomic mass is 10.1. The molecule has 0 aromatic heterocycles. The van der Waals surface area contributed by atoms with Crippen LogP contribution in [0.3, 0.4) is 0 Å². The van der Waals surface area contributed by atoms with Gasteiger partial charge in [-0.05, 0) is 0 Å². The van der Waals surface area contributed by atoms with E-state index in [0.29, 0.717) is 13.1 Å². The molecule has 1 aliphatic heterocycles. The number of carbonyl (C=O) groups is 1. The number of hydrogen-bond acceptors (Lipinski definition) is 3. The van der Waals surface area contributed by atoms with E-state index in [-0.39, 0.29) is 17.9 Å². The van der Waals surface area contributed by atoms with Gasteiger partial charge < -0.3 is 10.2 Å². The van der Waals surface area contributed by atoms with Crippen LogP contribution < -0.4 is 5.32 Å². The molecule has 0 bridgehead atoms. The van der Waals surface area contributed by atoms with Gasteiger partial charge in [0.05, 0.1) is 6.07 Å². The Kier molecular flexibility index (Phi) is 3.26. The fraction of sp³-hybridized carbons (Fsp3) is 0.778. The highest BCUT2D eigenvalue weighted by Crippen LogP contribution is 2.07. The molecule has 0 aromatic carbocycles. The van der Waals surface area contributed by atoms with Gasteiger partial charge in [0.1, 0.15) is 6.04 Å². The van der Waals surface area contributed by atoms with Gasteiger partial charge >= 0.3 is 0 Å². The van der Waals surface area contributed by atoms with E-state index in [9.17, 15) is 4.79 Å². The number of hydrogen-bond donors (Lipinski definition) is 1. The summed E-state index contributed by atoms with van der Waals surface area (Å²) in [7, 11) is 0. The molecule has 72 valence electrons. The van der Waals surface area contributed by atoms with Crippen molar-refractivity contribution in [1.82, 2.24) is 10.2 Å². The third-order valence-corrected chi connectivity index (χ3v) is 2.17. The highest BCUT2D eigenvalue weighted by Gasteiger charge is 2.27. The van der Waals surface area contributed by atoms with Crippen LogP contribution in [0.2, 0.25) is 0 Å². The lowest BCUT2D eigenvalue weighted by Gasteiger charge is -2.33. The van der Waals surface area contributed by atoms with Gasteiger partial charge in [-0.3, -0.25) is 4.79 Å². The van der Waals surface area contributed by atoms with Gasteiger partial charge in [0, 0.05) is 25.6 Å². The Balaban J connectivity index is 2.65. The summed E-state index contributed by atoms with van der Waals surface area (Å²) in [5.74, 6) is 0.0574. The summed E-state index contributed by atoms with van der Waals surface area (Å²) < 4.78 is 0. The summed E-state index contributed by atoms with van der Waals surface area (Å²) in [4.78, 5) is 13.3. The Labute approximate surface area is 78.5 Å². The van der Waals surface area contributed by atoms with Gasteiger partial charge in [-0.1, -0.05) is 13.8 Å². The SMILES string of the molecule is CC(C)C(=O)N1CCNCC1C#N. The van der Waals surface area contributed by atoms with Gasteiger partial charge in [-0.2, -0.15) is 5.26 Å². The van der Waals surface area contributed by atoms with Crippen molar-refractivity contribution in [3.63, 3.8) is 0 Å². The van der Waals surface area contributed by atoms with Crippen LogP contribution in [0.5, 0.6) is 0 Å². The molecule has 0 spiro atoms. The lowest BCUT2D eigenvalue weighted by molar-refractivity contribution is -0.136. The molecule has 1 fully saturated rings. The molecular formula is C9H15N3O. The Morgan fingerprint density at radius 3 is 2.92 bits per heavy atom. The summed E-state index contributed by atoms with van der Waals surface area (Å²) in [6, 6.07) is 1.84. The zero-order valence-corrected chi connectivity index (χ0v) is 8.08. The summed E-state index contributed by atoms with van der Waals surface area (Å²) in [6.45, 7) is 5.75. The number of piperazine rings is 1. The average Bonchev–Trinajstić information content (AvgIpc) is 2.16. The van der Waals surface area contributed by atoms with Gasteiger partial charge in [0.15, 0.2) is 0 Å². The van der Waals surface area contributed by atoms with Crippen molar-refractivity contribution in [2.45, 2.75) is 19.9 Å². The maximum absolute atomic E-state index is 11.6. The highest BCUT2D eigenvalue weighted by molar-refractivity contribution is 5.78. The van der Waals surface area contributed by atoms with Crippen molar-refractivity contribution in [1.29, 1.82) is 5.26 Å². The van der Waals surface area contributed by atoms with E-state index in [2.05, 4.69) is 11.4 Å². The molecule has 4 nitrogen and oxygen atoms in total. The Morgan fingerprint density at radius 2 is 2.38 bits per heavy atom. The van der Waals surface area contributed by atoms with E-state index < -0.39 is 0 Å². The molecule has 0 aromatic rings. The molecule has 1 unspecified atom stereocenters. The first kappa shape index (κ1) is 10.0. The van der Waals surface area contributed by atoms with Crippen LogP contribution in [0.4, 0.5) is 0 Å². The molecule has 1 amide bonds. The Morgan fingerprint density at radius 1 is 1.69 bits per heavy atom. The smallest absolute Gasteiger partial charge is 0.226 e. The summed E-state index contributed by atoms with van der Waals surface area (Å²) >= 11 is 0. The quantitative estimate of drug-likeness (QED) is 0.618. The van der Waals surface area contributed by atoms with Crippen LogP contribution in [0.1, 0.15) is 13.8 Å². The minimum Gasteiger partial charge on any atom is -0.324 e. The molecule has 0 aliphatic carbocycles. The predicted octanol–water partition coefficient (Wildman–Crippen LogP) is -0.0336. The predicted molar refractivity (Wildman–Crippen MR) is 48.8 cm³/mol. The Hall–Kier alpha value is -1.08. The normalized spacial score (nSPS) is 22.9. The zero-order valence-electron chi connectivity index (χ0n) is 8.08. The van der Waals surface area contributed by atoms with E-state index in [1.807, 2.05) is 13.8 Å². The molecule has 1 N–H and O–H groups in total. The molecule has 0 saturated carbocycles. The molecule has 1 heterocycles. The fourth-order valence-electron chi connectivity index (χ4n) is 1.42.